The zero-order valence-electron chi connectivity index (χ0n) is 13.0. The van der Waals surface area contributed by atoms with Crippen molar-refractivity contribution in [3.8, 4) is 12.0 Å². The number of benzene rings is 2. The first-order chi connectivity index (χ1) is 11.8. The van der Waals surface area contributed by atoms with Crippen LogP contribution in [0.25, 0.3) is 16.7 Å². The molecule has 2 aromatic heterocycles. The summed E-state index contributed by atoms with van der Waals surface area (Å²) in [5, 5.41) is 9.05. The second-order valence-electron chi connectivity index (χ2n) is 5.33. The summed E-state index contributed by atoms with van der Waals surface area (Å²) in [6.45, 7) is 0. The van der Waals surface area contributed by atoms with Crippen LogP contribution in [0.15, 0.2) is 54.9 Å². The lowest BCUT2D eigenvalue weighted by atomic mass is 10.1. The van der Waals surface area contributed by atoms with Crippen LogP contribution in [-0.4, -0.2) is 26.6 Å². The lowest BCUT2D eigenvalue weighted by Gasteiger charge is -2.20. The van der Waals surface area contributed by atoms with Gasteiger partial charge in [0.15, 0.2) is 0 Å². The standard InChI is InChI=1S/C18H14N6/c1-23(14-5-3-2-4-6-14)17-15-8-7-13(9-10-19)11-16(15)24-12-20-22-18(24)21-17/h2-8,11-12H,19H2,1H3. The molecule has 116 valence electrons. The molecule has 4 rings (SSSR count). The van der Waals surface area contributed by atoms with Crippen molar-refractivity contribution >= 4 is 28.2 Å². The maximum Gasteiger partial charge on any atom is 0.257 e. The summed E-state index contributed by atoms with van der Waals surface area (Å²) in [7, 11) is 1.98. The monoisotopic (exact) mass is 314 g/mol. The third-order valence-corrected chi connectivity index (χ3v) is 3.91. The smallest absolute Gasteiger partial charge is 0.257 e. The van der Waals surface area contributed by atoms with Crippen molar-refractivity contribution in [2.24, 2.45) is 5.73 Å². The summed E-state index contributed by atoms with van der Waals surface area (Å²) in [6, 6.07) is 18.4. The molecule has 24 heavy (non-hydrogen) atoms. The Bertz CT molecular complexity index is 1090. The number of rotatable bonds is 2. The molecule has 2 aromatic carbocycles. The lowest BCUT2D eigenvalue weighted by molar-refractivity contribution is 1.08. The van der Waals surface area contributed by atoms with Gasteiger partial charge in [-0.25, -0.2) is 0 Å². The molecule has 4 aromatic rings. The van der Waals surface area contributed by atoms with Crippen LogP contribution in [0.2, 0.25) is 0 Å². The molecule has 0 aliphatic carbocycles. The van der Waals surface area contributed by atoms with Crippen LogP contribution in [0.4, 0.5) is 11.5 Å². The van der Waals surface area contributed by atoms with Crippen LogP contribution in [0.1, 0.15) is 5.56 Å². The quantitative estimate of drug-likeness (QED) is 0.454. The van der Waals surface area contributed by atoms with E-state index < -0.39 is 0 Å². The molecule has 0 spiro atoms. The van der Waals surface area contributed by atoms with Crippen molar-refractivity contribution in [2.75, 3.05) is 11.9 Å². The molecule has 6 heteroatoms. The zero-order chi connectivity index (χ0) is 16.5. The van der Waals surface area contributed by atoms with E-state index in [-0.39, 0.29) is 0 Å². The lowest BCUT2D eigenvalue weighted by Crippen LogP contribution is -2.12. The van der Waals surface area contributed by atoms with Gasteiger partial charge in [-0.05, 0) is 36.3 Å². The maximum absolute atomic E-state index is 5.34. The summed E-state index contributed by atoms with van der Waals surface area (Å²) in [5.41, 5.74) is 8.15. The van der Waals surface area contributed by atoms with E-state index in [1.54, 1.807) is 6.33 Å². The summed E-state index contributed by atoms with van der Waals surface area (Å²) < 4.78 is 1.85. The van der Waals surface area contributed by atoms with E-state index in [9.17, 15) is 0 Å². The number of nitrogens with zero attached hydrogens (tertiary/aromatic N) is 5. The molecule has 0 amide bonds. The van der Waals surface area contributed by atoms with Gasteiger partial charge in [-0.2, -0.15) is 4.98 Å². The average molecular weight is 314 g/mol. The van der Waals surface area contributed by atoms with E-state index >= 15 is 0 Å². The number of hydrogen-bond donors (Lipinski definition) is 1. The number of anilines is 2. The highest BCUT2D eigenvalue weighted by molar-refractivity contribution is 5.94. The molecule has 0 unspecified atom stereocenters. The van der Waals surface area contributed by atoms with Gasteiger partial charge in [0.2, 0.25) is 0 Å². The van der Waals surface area contributed by atoms with Crippen molar-refractivity contribution < 1.29 is 0 Å². The molecule has 0 saturated heterocycles. The van der Waals surface area contributed by atoms with Gasteiger partial charge in [0.1, 0.15) is 12.1 Å². The van der Waals surface area contributed by atoms with Gasteiger partial charge >= 0.3 is 0 Å². The highest BCUT2D eigenvalue weighted by Crippen LogP contribution is 2.30. The Hall–Kier alpha value is -3.59. The molecule has 2 heterocycles. The average Bonchev–Trinajstić information content (AvgIpc) is 3.10. The van der Waals surface area contributed by atoms with E-state index in [0.717, 1.165) is 28.0 Å². The number of hydrogen-bond acceptors (Lipinski definition) is 5. The Morgan fingerprint density at radius 2 is 1.96 bits per heavy atom. The van der Waals surface area contributed by atoms with Gasteiger partial charge in [-0.15, -0.1) is 10.2 Å². The molecule has 0 aliphatic heterocycles. The van der Waals surface area contributed by atoms with Gasteiger partial charge in [-0.1, -0.05) is 18.2 Å². The third kappa shape index (κ3) is 2.20. The first-order valence-electron chi connectivity index (χ1n) is 7.42. The first-order valence-corrected chi connectivity index (χ1v) is 7.42. The SMILES string of the molecule is CN(c1ccccc1)c1nc2nncn2c2cc(C#CN)ccc12. The maximum atomic E-state index is 5.34. The van der Waals surface area contributed by atoms with Gasteiger partial charge < -0.3 is 10.6 Å². The Balaban J connectivity index is 2.01. The molecular weight excluding hydrogens is 300 g/mol. The number of fused-ring (bicyclic) bond motifs is 3. The van der Waals surface area contributed by atoms with Crippen molar-refractivity contribution in [2.45, 2.75) is 0 Å². The van der Waals surface area contributed by atoms with E-state index in [1.165, 1.54) is 0 Å². The van der Waals surface area contributed by atoms with Crippen LogP contribution in [0, 0.1) is 12.0 Å². The summed E-state index contributed by atoms with van der Waals surface area (Å²) >= 11 is 0. The van der Waals surface area contributed by atoms with Crippen LogP contribution >= 0.6 is 0 Å². The second kappa shape index (κ2) is 5.56. The fraction of sp³-hybridized carbons (Fsp3) is 0.0556. The molecule has 0 bridgehead atoms. The minimum atomic E-state index is 0.540. The zero-order valence-corrected chi connectivity index (χ0v) is 13.0. The predicted octanol–water partition coefficient (Wildman–Crippen LogP) is 2.31. The van der Waals surface area contributed by atoms with E-state index in [0.29, 0.717) is 5.78 Å². The third-order valence-electron chi connectivity index (χ3n) is 3.91. The Morgan fingerprint density at radius 1 is 1.12 bits per heavy atom. The van der Waals surface area contributed by atoms with E-state index in [4.69, 9.17) is 5.73 Å². The topological polar surface area (TPSA) is 72.3 Å². The molecule has 0 radical (unpaired) electrons. The van der Waals surface area contributed by atoms with Gasteiger partial charge in [-0.3, -0.25) is 4.40 Å². The largest absolute Gasteiger partial charge is 0.359 e. The molecule has 0 fully saturated rings. The Kier molecular flexibility index (Phi) is 3.25. The Morgan fingerprint density at radius 3 is 2.75 bits per heavy atom. The number of para-hydroxylation sites is 1. The van der Waals surface area contributed by atoms with Crippen molar-refractivity contribution in [3.05, 3.63) is 60.4 Å². The van der Waals surface area contributed by atoms with Crippen LogP contribution < -0.4 is 10.6 Å². The molecule has 0 saturated carbocycles. The Labute approximate surface area is 138 Å². The fourth-order valence-corrected chi connectivity index (χ4v) is 2.74. The fourth-order valence-electron chi connectivity index (χ4n) is 2.74. The van der Waals surface area contributed by atoms with Crippen molar-refractivity contribution in [3.63, 3.8) is 0 Å². The molecular formula is C18H14N6. The van der Waals surface area contributed by atoms with Gasteiger partial charge in [0, 0.05) is 29.7 Å². The van der Waals surface area contributed by atoms with E-state index in [2.05, 4.69) is 27.1 Å². The summed E-state index contributed by atoms with van der Waals surface area (Å²) in [5.74, 6) is 4.23. The van der Waals surface area contributed by atoms with Crippen molar-refractivity contribution in [1.29, 1.82) is 0 Å². The minimum absolute atomic E-state index is 0.540. The highest BCUT2D eigenvalue weighted by Gasteiger charge is 2.14. The normalized spacial score (nSPS) is 10.5. The second-order valence-corrected chi connectivity index (χ2v) is 5.33. The number of nitrogens with two attached hydrogens (primary N) is 1. The molecule has 2 N–H and O–H groups in total. The van der Waals surface area contributed by atoms with Crippen LogP contribution in [0.5, 0.6) is 0 Å². The van der Waals surface area contributed by atoms with Gasteiger partial charge in [0.25, 0.3) is 5.78 Å². The van der Waals surface area contributed by atoms with Gasteiger partial charge in [0.05, 0.1) is 5.52 Å². The van der Waals surface area contributed by atoms with Crippen LogP contribution in [-0.2, 0) is 0 Å². The van der Waals surface area contributed by atoms with Crippen molar-refractivity contribution in [1.82, 2.24) is 19.6 Å². The highest BCUT2D eigenvalue weighted by atomic mass is 15.3. The minimum Gasteiger partial charge on any atom is -0.359 e. The molecule has 0 aliphatic rings. The summed E-state index contributed by atoms with van der Waals surface area (Å²) in [6.07, 6.45) is 1.65. The van der Waals surface area contributed by atoms with Crippen LogP contribution in [0.3, 0.4) is 0 Å². The summed E-state index contributed by atoms with van der Waals surface area (Å²) in [4.78, 5) is 6.70. The van der Waals surface area contributed by atoms with E-state index in [1.807, 2.05) is 64.9 Å². The first kappa shape index (κ1) is 14.0. The number of aromatic nitrogens is 4. The predicted molar refractivity (Wildman–Crippen MR) is 93.9 cm³/mol. The molecule has 0 atom stereocenters. The molecule has 6 nitrogen and oxygen atoms in total.